The molecule has 0 fully saturated rings. The lowest BCUT2D eigenvalue weighted by molar-refractivity contribution is -0.137. The van der Waals surface area contributed by atoms with Gasteiger partial charge >= 0.3 is 6.18 Å². The van der Waals surface area contributed by atoms with Crippen LogP contribution in [0.2, 0.25) is 0 Å². The number of amides is 1. The summed E-state index contributed by atoms with van der Waals surface area (Å²) in [6, 6.07) is 10.8. The number of hydrogen-bond acceptors (Lipinski definition) is 3. The maximum atomic E-state index is 14.7. The molecule has 0 saturated heterocycles. The van der Waals surface area contributed by atoms with Crippen molar-refractivity contribution in [3.63, 3.8) is 0 Å². The van der Waals surface area contributed by atoms with E-state index in [0.29, 0.717) is 29.4 Å². The van der Waals surface area contributed by atoms with Gasteiger partial charge in [0.05, 0.1) is 16.7 Å². The largest absolute Gasteiger partial charge is 0.416 e. The normalized spacial score (nSPS) is 17.3. The quantitative estimate of drug-likeness (QED) is 0.284. The Morgan fingerprint density at radius 2 is 1.57 bits per heavy atom. The number of anilines is 2. The summed E-state index contributed by atoms with van der Waals surface area (Å²) in [7, 11) is 0. The summed E-state index contributed by atoms with van der Waals surface area (Å²) >= 11 is 0. The first-order valence-electron chi connectivity index (χ1n) is 11.1. The van der Waals surface area contributed by atoms with Crippen LogP contribution in [0.25, 0.3) is 11.1 Å². The molecular formula is C27H17F6N3O. The molecule has 1 aromatic heterocycles. The Hall–Kier alpha value is -4.21. The lowest BCUT2D eigenvalue weighted by Crippen LogP contribution is -2.38. The average molecular weight is 513 g/mol. The number of alkyl halides is 3. The van der Waals surface area contributed by atoms with E-state index in [1.54, 1.807) is 13.0 Å². The second-order valence-corrected chi connectivity index (χ2v) is 8.90. The predicted molar refractivity (Wildman–Crippen MR) is 123 cm³/mol. The van der Waals surface area contributed by atoms with Gasteiger partial charge in [0, 0.05) is 24.0 Å². The van der Waals surface area contributed by atoms with Gasteiger partial charge in [-0.3, -0.25) is 4.79 Å². The Labute approximate surface area is 207 Å². The zero-order chi connectivity index (χ0) is 26.5. The van der Waals surface area contributed by atoms with Crippen molar-refractivity contribution in [2.75, 3.05) is 4.90 Å². The molecule has 1 amide bonds. The minimum absolute atomic E-state index is 0.0425. The predicted octanol–water partition coefficient (Wildman–Crippen LogP) is 6.76. The van der Waals surface area contributed by atoms with Crippen molar-refractivity contribution in [3.8, 4) is 11.1 Å². The Bertz CT molecular complexity index is 1500. The van der Waals surface area contributed by atoms with Crippen LogP contribution in [0.4, 0.5) is 38.0 Å². The van der Waals surface area contributed by atoms with Gasteiger partial charge in [-0.2, -0.15) is 13.2 Å². The highest BCUT2D eigenvalue weighted by molar-refractivity contribution is 6.12. The third-order valence-corrected chi connectivity index (χ3v) is 6.34. The minimum Gasteiger partial charge on any atom is -0.273 e. The maximum absolute atomic E-state index is 14.7. The highest BCUT2D eigenvalue weighted by Gasteiger charge is 2.49. The zero-order valence-electron chi connectivity index (χ0n) is 19.2. The number of carbonyl (C=O) groups is 1. The Balaban J connectivity index is 1.69. The number of aromatic nitrogens is 2. The van der Waals surface area contributed by atoms with Crippen LogP contribution in [0.3, 0.4) is 0 Å². The van der Waals surface area contributed by atoms with Gasteiger partial charge in [-0.05, 0) is 78.6 Å². The van der Waals surface area contributed by atoms with E-state index >= 15 is 0 Å². The number of fused-ring (bicyclic) bond motifs is 1. The van der Waals surface area contributed by atoms with E-state index in [1.807, 2.05) is 0 Å². The zero-order valence-corrected chi connectivity index (χ0v) is 19.2. The van der Waals surface area contributed by atoms with Crippen LogP contribution in [-0.4, -0.2) is 15.9 Å². The van der Waals surface area contributed by atoms with Gasteiger partial charge in [-0.15, -0.1) is 0 Å². The summed E-state index contributed by atoms with van der Waals surface area (Å²) in [6.07, 6.45) is -1.98. The van der Waals surface area contributed by atoms with Crippen molar-refractivity contribution in [2.45, 2.75) is 24.9 Å². The van der Waals surface area contributed by atoms with Gasteiger partial charge in [0.1, 0.15) is 17.5 Å². The first-order valence-corrected chi connectivity index (χ1v) is 11.1. The van der Waals surface area contributed by atoms with Crippen molar-refractivity contribution in [2.24, 2.45) is 0 Å². The fraction of sp³-hybridized carbons (Fsp3) is 0.148. The third kappa shape index (κ3) is 4.32. The molecule has 0 radical (unpaired) electrons. The summed E-state index contributed by atoms with van der Waals surface area (Å²) in [5, 5.41) is 0. The average Bonchev–Trinajstić information content (AvgIpc) is 3.04. The van der Waals surface area contributed by atoms with Crippen LogP contribution >= 0.6 is 0 Å². The van der Waals surface area contributed by atoms with E-state index < -0.39 is 40.5 Å². The second kappa shape index (κ2) is 8.72. The minimum atomic E-state index is -4.69. The molecule has 188 valence electrons. The van der Waals surface area contributed by atoms with Gasteiger partial charge < -0.3 is 0 Å². The molecule has 1 unspecified atom stereocenters. The van der Waals surface area contributed by atoms with Crippen LogP contribution in [-0.2, 0) is 22.8 Å². The smallest absolute Gasteiger partial charge is 0.273 e. The van der Waals surface area contributed by atoms with Crippen molar-refractivity contribution in [3.05, 3.63) is 107 Å². The van der Waals surface area contributed by atoms with Crippen LogP contribution < -0.4 is 4.90 Å². The summed E-state index contributed by atoms with van der Waals surface area (Å²) in [5.74, 6) is -3.00. The SMILES string of the molecule is CC1(Cc2cc(F)cc(F)c2)C(=O)N(c2ncccn2)c2ccc(-c3cc(C(F)(F)F)ccc3F)cc21. The molecule has 0 saturated carbocycles. The topological polar surface area (TPSA) is 46.1 Å². The Kier molecular flexibility index (Phi) is 5.77. The molecular weight excluding hydrogens is 496 g/mol. The van der Waals surface area contributed by atoms with E-state index in [-0.39, 0.29) is 29.1 Å². The highest BCUT2D eigenvalue weighted by Crippen LogP contribution is 2.48. The van der Waals surface area contributed by atoms with Crippen molar-refractivity contribution in [1.82, 2.24) is 9.97 Å². The number of halogens is 6. The maximum Gasteiger partial charge on any atom is 0.416 e. The third-order valence-electron chi connectivity index (χ3n) is 6.34. The molecule has 37 heavy (non-hydrogen) atoms. The first-order chi connectivity index (χ1) is 17.5. The van der Waals surface area contributed by atoms with E-state index in [4.69, 9.17) is 0 Å². The molecule has 4 nitrogen and oxygen atoms in total. The van der Waals surface area contributed by atoms with Crippen LogP contribution in [0, 0.1) is 17.5 Å². The summed E-state index contributed by atoms with van der Waals surface area (Å²) in [5.41, 5.74) is -1.83. The summed E-state index contributed by atoms with van der Waals surface area (Å²) in [4.78, 5) is 23.3. The van der Waals surface area contributed by atoms with E-state index in [9.17, 15) is 31.1 Å². The summed E-state index contributed by atoms with van der Waals surface area (Å²) in [6.45, 7) is 1.55. The van der Waals surface area contributed by atoms with Crippen molar-refractivity contribution in [1.29, 1.82) is 0 Å². The fourth-order valence-electron chi connectivity index (χ4n) is 4.63. The highest BCUT2D eigenvalue weighted by atomic mass is 19.4. The molecule has 2 heterocycles. The summed E-state index contributed by atoms with van der Waals surface area (Å²) < 4.78 is 82.5. The monoisotopic (exact) mass is 513 g/mol. The molecule has 10 heteroatoms. The van der Waals surface area contributed by atoms with Gasteiger partial charge in [-0.25, -0.2) is 28.0 Å². The first kappa shape index (κ1) is 24.5. The number of rotatable bonds is 4. The van der Waals surface area contributed by atoms with E-state index in [2.05, 4.69) is 9.97 Å². The van der Waals surface area contributed by atoms with Gasteiger partial charge in [0.25, 0.3) is 0 Å². The molecule has 1 aliphatic heterocycles. The van der Waals surface area contributed by atoms with E-state index in [0.717, 1.165) is 18.2 Å². The van der Waals surface area contributed by atoms with Crippen LogP contribution in [0.1, 0.15) is 23.6 Å². The fourth-order valence-corrected chi connectivity index (χ4v) is 4.63. The molecule has 1 atom stereocenters. The molecule has 1 aliphatic rings. The molecule has 0 aliphatic carbocycles. The van der Waals surface area contributed by atoms with E-state index in [1.165, 1.54) is 35.5 Å². The number of carbonyl (C=O) groups excluding carboxylic acids is 1. The van der Waals surface area contributed by atoms with Crippen LogP contribution in [0.5, 0.6) is 0 Å². The van der Waals surface area contributed by atoms with Gasteiger partial charge in [0.2, 0.25) is 11.9 Å². The Morgan fingerprint density at radius 1 is 0.892 bits per heavy atom. The lowest BCUT2D eigenvalue weighted by atomic mass is 9.77. The van der Waals surface area contributed by atoms with Gasteiger partial charge in [0.15, 0.2) is 0 Å². The molecule has 0 N–H and O–H groups in total. The second-order valence-electron chi connectivity index (χ2n) is 8.90. The van der Waals surface area contributed by atoms with Crippen LogP contribution in [0.15, 0.2) is 73.1 Å². The lowest BCUT2D eigenvalue weighted by Gasteiger charge is -2.24. The van der Waals surface area contributed by atoms with Gasteiger partial charge in [-0.1, -0.05) is 6.07 Å². The Morgan fingerprint density at radius 3 is 2.22 bits per heavy atom. The number of nitrogens with zero attached hydrogens (tertiary/aromatic N) is 3. The standard InChI is InChI=1S/C27H17F6N3O/c1-26(14-15-9-18(28)13-19(29)10-15)21-11-16(20-12-17(27(31,32)33)4-5-22(20)30)3-6-23(21)36(24(26)37)25-34-7-2-8-35-25/h2-13H,14H2,1H3. The molecule has 5 rings (SSSR count). The number of benzene rings is 3. The number of hydrogen-bond donors (Lipinski definition) is 0. The van der Waals surface area contributed by atoms with Crippen molar-refractivity contribution < 1.29 is 31.1 Å². The van der Waals surface area contributed by atoms with Crippen molar-refractivity contribution >= 4 is 17.5 Å². The molecule has 3 aromatic carbocycles. The molecule has 4 aromatic rings. The molecule has 0 bridgehead atoms. The molecule has 0 spiro atoms.